The number of aromatic nitrogens is 4. The van der Waals surface area contributed by atoms with Gasteiger partial charge < -0.3 is 0 Å². The Balaban J connectivity index is 1.36. The summed E-state index contributed by atoms with van der Waals surface area (Å²) in [5.74, 6) is 0. The average Bonchev–Trinajstić information content (AvgIpc) is 3.36. The smallest absolute Gasteiger partial charge is 0.0648 e. The molecule has 1 spiro atoms. The molecule has 5 nitrogen and oxygen atoms in total. The summed E-state index contributed by atoms with van der Waals surface area (Å²) in [5.41, 5.74) is 5.62. The van der Waals surface area contributed by atoms with Gasteiger partial charge in [0.25, 0.3) is 0 Å². The van der Waals surface area contributed by atoms with Crippen molar-refractivity contribution in [2.24, 2.45) is 0 Å². The predicted octanol–water partition coefficient (Wildman–Crippen LogP) is 3.08. The molecule has 5 heteroatoms. The van der Waals surface area contributed by atoms with E-state index in [1.165, 1.54) is 49.0 Å². The van der Waals surface area contributed by atoms with Crippen LogP contribution in [0.1, 0.15) is 36.1 Å². The Kier molecular flexibility index (Phi) is 3.48. The zero-order valence-electron chi connectivity index (χ0n) is 14.4. The maximum atomic E-state index is 4.34. The molecule has 1 aliphatic carbocycles. The second kappa shape index (κ2) is 5.85. The van der Waals surface area contributed by atoms with Gasteiger partial charge in [-0.2, -0.15) is 10.2 Å². The van der Waals surface area contributed by atoms with E-state index in [4.69, 9.17) is 0 Å². The van der Waals surface area contributed by atoms with Crippen molar-refractivity contribution < 1.29 is 0 Å². The SMILES string of the molecule is c1cc(CN2CCCC3(CCc4cn[nH]c43)C2)cc(-n2cccn2)c1. The van der Waals surface area contributed by atoms with E-state index in [1.54, 1.807) is 0 Å². The van der Waals surface area contributed by atoms with Crippen LogP contribution in [0.2, 0.25) is 0 Å². The molecule has 1 unspecified atom stereocenters. The van der Waals surface area contributed by atoms with Gasteiger partial charge in [0.05, 0.1) is 11.9 Å². The van der Waals surface area contributed by atoms with Gasteiger partial charge in [0.15, 0.2) is 0 Å². The summed E-state index contributed by atoms with van der Waals surface area (Å²) < 4.78 is 1.93. The number of H-pyrrole nitrogens is 1. The standard InChI is InChI=1S/C20H23N5/c1-4-16(12-18(5-1)25-11-3-9-22-25)14-24-10-2-7-20(15-24)8-6-17-13-21-23-19(17)20/h1,3-5,9,11-13H,2,6-8,10,14-15H2,(H,21,23). The number of likely N-dealkylation sites (tertiary alicyclic amines) is 1. The zero-order valence-corrected chi connectivity index (χ0v) is 14.4. The lowest BCUT2D eigenvalue weighted by Crippen LogP contribution is -2.44. The molecule has 1 fully saturated rings. The van der Waals surface area contributed by atoms with Crippen LogP contribution in [0.3, 0.4) is 0 Å². The van der Waals surface area contributed by atoms with E-state index in [0.29, 0.717) is 5.41 Å². The van der Waals surface area contributed by atoms with Gasteiger partial charge in [-0.15, -0.1) is 0 Å². The lowest BCUT2D eigenvalue weighted by molar-refractivity contribution is 0.136. The third-order valence-electron chi connectivity index (χ3n) is 5.86. The summed E-state index contributed by atoms with van der Waals surface area (Å²) >= 11 is 0. The third-order valence-corrected chi connectivity index (χ3v) is 5.86. The van der Waals surface area contributed by atoms with Gasteiger partial charge in [-0.1, -0.05) is 12.1 Å². The first-order chi connectivity index (χ1) is 12.3. The molecular weight excluding hydrogens is 310 g/mol. The minimum Gasteiger partial charge on any atom is -0.298 e. The van der Waals surface area contributed by atoms with E-state index in [1.807, 2.05) is 29.3 Å². The molecule has 0 saturated carbocycles. The highest BCUT2D eigenvalue weighted by molar-refractivity contribution is 5.36. The lowest BCUT2D eigenvalue weighted by atomic mass is 9.77. The van der Waals surface area contributed by atoms with Crippen molar-refractivity contribution in [1.82, 2.24) is 24.9 Å². The molecular formula is C20H23N5. The highest BCUT2D eigenvalue weighted by Crippen LogP contribution is 2.44. The molecule has 0 amide bonds. The number of fused-ring (bicyclic) bond motifs is 2. The number of piperidine rings is 1. The summed E-state index contributed by atoms with van der Waals surface area (Å²) in [5, 5.41) is 11.9. The van der Waals surface area contributed by atoms with Crippen LogP contribution in [-0.2, 0) is 18.4 Å². The fourth-order valence-corrected chi connectivity index (χ4v) is 4.71. The van der Waals surface area contributed by atoms with Crippen LogP contribution < -0.4 is 0 Å². The lowest BCUT2D eigenvalue weighted by Gasteiger charge is -2.40. The first-order valence-corrected chi connectivity index (χ1v) is 9.16. The fourth-order valence-electron chi connectivity index (χ4n) is 4.71. The van der Waals surface area contributed by atoms with Crippen LogP contribution in [0.25, 0.3) is 5.69 Å². The zero-order chi connectivity index (χ0) is 16.7. The number of aromatic amines is 1. The summed E-state index contributed by atoms with van der Waals surface area (Å²) in [6, 6.07) is 10.7. The number of hydrogen-bond donors (Lipinski definition) is 1. The number of rotatable bonds is 3. The molecule has 25 heavy (non-hydrogen) atoms. The first-order valence-electron chi connectivity index (χ1n) is 9.16. The van der Waals surface area contributed by atoms with Crippen molar-refractivity contribution in [1.29, 1.82) is 0 Å². The Morgan fingerprint density at radius 1 is 1.20 bits per heavy atom. The molecule has 1 aromatic carbocycles. The van der Waals surface area contributed by atoms with Crippen LogP contribution in [0.15, 0.2) is 48.9 Å². The fraction of sp³-hybridized carbons (Fsp3) is 0.400. The maximum absolute atomic E-state index is 4.34. The Labute approximate surface area is 147 Å². The normalized spacial score (nSPS) is 23.2. The van der Waals surface area contributed by atoms with Gasteiger partial charge in [0.2, 0.25) is 0 Å². The van der Waals surface area contributed by atoms with Crippen molar-refractivity contribution in [3.63, 3.8) is 0 Å². The molecule has 1 N–H and O–H groups in total. The molecule has 0 radical (unpaired) electrons. The van der Waals surface area contributed by atoms with Crippen molar-refractivity contribution in [3.8, 4) is 5.69 Å². The first kappa shape index (κ1) is 14.9. The molecule has 3 aromatic rings. The highest BCUT2D eigenvalue weighted by Gasteiger charge is 2.43. The van der Waals surface area contributed by atoms with Crippen LogP contribution in [-0.4, -0.2) is 38.0 Å². The number of hydrogen-bond acceptors (Lipinski definition) is 3. The Morgan fingerprint density at radius 2 is 2.20 bits per heavy atom. The number of benzene rings is 1. The summed E-state index contributed by atoms with van der Waals surface area (Å²) in [6.07, 6.45) is 10.8. The largest absolute Gasteiger partial charge is 0.298 e. The molecule has 2 aliphatic rings. The minimum absolute atomic E-state index is 0.295. The second-order valence-corrected chi connectivity index (χ2v) is 7.49. The molecule has 5 rings (SSSR count). The van der Waals surface area contributed by atoms with Crippen LogP contribution in [0.4, 0.5) is 0 Å². The van der Waals surface area contributed by atoms with Gasteiger partial charge in [0.1, 0.15) is 0 Å². The Bertz CT molecular complexity index is 866. The van der Waals surface area contributed by atoms with E-state index >= 15 is 0 Å². The molecule has 1 saturated heterocycles. The maximum Gasteiger partial charge on any atom is 0.0648 e. The van der Waals surface area contributed by atoms with Gasteiger partial charge in [-0.3, -0.25) is 10.00 Å². The Morgan fingerprint density at radius 3 is 3.12 bits per heavy atom. The topological polar surface area (TPSA) is 49.7 Å². The van der Waals surface area contributed by atoms with Crippen molar-refractivity contribution in [2.75, 3.05) is 13.1 Å². The highest BCUT2D eigenvalue weighted by atomic mass is 15.3. The molecule has 2 aromatic heterocycles. The molecule has 1 atom stereocenters. The van der Waals surface area contributed by atoms with Crippen molar-refractivity contribution >= 4 is 0 Å². The van der Waals surface area contributed by atoms with Crippen LogP contribution in [0, 0.1) is 0 Å². The summed E-state index contributed by atoms with van der Waals surface area (Å²) in [7, 11) is 0. The Hall–Kier alpha value is -2.40. The number of nitrogens with one attached hydrogen (secondary N) is 1. The number of aryl methyl sites for hydroxylation is 1. The van der Waals surface area contributed by atoms with E-state index < -0.39 is 0 Å². The van der Waals surface area contributed by atoms with Crippen LogP contribution >= 0.6 is 0 Å². The van der Waals surface area contributed by atoms with E-state index in [-0.39, 0.29) is 0 Å². The quantitative estimate of drug-likeness (QED) is 0.801. The minimum atomic E-state index is 0.295. The number of nitrogens with zero attached hydrogens (tertiary/aromatic N) is 4. The molecule has 3 heterocycles. The second-order valence-electron chi connectivity index (χ2n) is 7.49. The van der Waals surface area contributed by atoms with Gasteiger partial charge >= 0.3 is 0 Å². The van der Waals surface area contributed by atoms with E-state index in [9.17, 15) is 0 Å². The van der Waals surface area contributed by atoms with E-state index in [2.05, 4.69) is 44.5 Å². The molecule has 1 aliphatic heterocycles. The third kappa shape index (κ3) is 2.59. The molecule has 0 bridgehead atoms. The van der Waals surface area contributed by atoms with Crippen LogP contribution in [0.5, 0.6) is 0 Å². The monoisotopic (exact) mass is 333 g/mol. The van der Waals surface area contributed by atoms with Crippen molar-refractivity contribution in [3.05, 3.63) is 65.7 Å². The molecule has 128 valence electrons. The van der Waals surface area contributed by atoms with E-state index in [0.717, 1.165) is 18.8 Å². The van der Waals surface area contributed by atoms with Gasteiger partial charge in [-0.05, 0) is 61.6 Å². The summed E-state index contributed by atoms with van der Waals surface area (Å²) in [4.78, 5) is 2.61. The predicted molar refractivity (Wildman–Crippen MR) is 96.7 cm³/mol. The van der Waals surface area contributed by atoms with Gasteiger partial charge in [-0.25, -0.2) is 4.68 Å². The van der Waals surface area contributed by atoms with Gasteiger partial charge in [0, 0.05) is 36.6 Å². The summed E-state index contributed by atoms with van der Waals surface area (Å²) in [6.45, 7) is 3.31. The average molecular weight is 333 g/mol. The van der Waals surface area contributed by atoms with Crippen molar-refractivity contribution in [2.45, 2.75) is 37.6 Å².